The molecule has 0 radical (unpaired) electrons. The third-order valence-electron chi connectivity index (χ3n) is 6.66. The first-order valence-electron chi connectivity index (χ1n) is 12.5. The molecule has 3 unspecified atom stereocenters. The molecule has 202 valence electrons. The van der Waals surface area contributed by atoms with Crippen molar-refractivity contribution in [3.63, 3.8) is 0 Å². The number of nitriles is 1. The SMILES string of the molecule is C=CC1CC1(NC(=O)C1CCCB1C#N)C(=O)OC.CC.COC(=O)c1cc(=O)c2ccc(OC)cc2[nH]1. The number of aromatic amines is 1. The fourth-order valence-electron chi connectivity index (χ4n) is 4.50. The maximum Gasteiger partial charge on any atom is 0.354 e. The van der Waals surface area contributed by atoms with Gasteiger partial charge in [-0.15, -0.1) is 6.58 Å². The van der Waals surface area contributed by atoms with Gasteiger partial charge in [0, 0.05) is 35.2 Å². The Labute approximate surface area is 222 Å². The number of amides is 1. The van der Waals surface area contributed by atoms with E-state index in [-0.39, 0.29) is 35.5 Å². The number of hydrogen-bond acceptors (Lipinski definition) is 8. The van der Waals surface area contributed by atoms with Crippen LogP contribution < -0.4 is 15.5 Å². The van der Waals surface area contributed by atoms with E-state index in [2.05, 4.69) is 27.6 Å². The minimum atomic E-state index is -0.948. The number of ether oxygens (including phenoxy) is 3. The van der Waals surface area contributed by atoms with E-state index in [1.807, 2.05) is 13.8 Å². The molecule has 2 N–H and O–H groups in total. The third kappa shape index (κ3) is 6.43. The zero-order valence-electron chi connectivity index (χ0n) is 22.5. The first-order chi connectivity index (χ1) is 18.2. The van der Waals surface area contributed by atoms with Crippen molar-refractivity contribution in [3.8, 4) is 11.7 Å². The number of nitrogens with zero attached hydrogens (tertiary/aromatic N) is 1. The number of methoxy groups -OCH3 is 3. The number of H-pyrrole nitrogens is 1. The summed E-state index contributed by atoms with van der Waals surface area (Å²) in [5.74, 6) is 1.17. The molecule has 2 aliphatic rings. The van der Waals surface area contributed by atoms with Crippen LogP contribution in [0.2, 0.25) is 12.1 Å². The average Bonchev–Trinajstić information content (AvgIpc) is 3.45. The molecule has 38 heavy (non-hydrogen) atoms. The Morgan fingerprint density at radius 1 is 1.21 bits per heavy atom. The van der Waals surface area contributed by atoms with Crippen molar-refractivity contribution >= 4 is 35.5 Å². The lowest BCUT2D eigenvalue weighted by Crippen LogP contribution is -2.48. The number of carbonyl (C=O) groups excluding carboxylic acids is 3. The number of carbonyl (C=O) groups is 3. The molecule has 2 heterocycles. The van der Waals surface area contributed by atoms with Crippen LogP contribution in [0.25, 0.3) is 10.9 Å². The van der Waals surface area contributed by atoms with Gasteiger partial charge in [0.05, 0.1) is 26.8 Å². The number of rotatable bonds is 6. The highest BCUT2D eigenvalue weighted by Crippen LogP contribution is 2.46. The molecule has 2 aromatic rings. The molecular formula is C27H34BN3O7. The first-order valence-corrected chi connectivity index (χ1v) is 12.5. The van der Waals surface area contributed by atoms with Crippen LogP contribution in [0, 0.1) is 17.1 Å². The molecule has 1 aliphatic carbocycles. The summed E-state index contributed by atoms with van der Waals surface area (Å²) >= 11 is 0. The number of fused-ring (bicyclic) bond motifs is 1. The second-order valence-corrected chi connectivity index (χ2v) is 8.72. The van der Waals surface area contributed by atoms with Gasteiger partial charge in [-0.3, -0.25) is 9.59 Å². The average molecular weight is 523 g/mol. The van der Waals surface area contributed by atoms with Gasteiger partial charge in [-0.2, -0.15) is 0 Å². The molecule has 1 aliphatic heterocycles. The lowest BCUT2D eigenvalue weighted by Gasteiger charge is -2.19. The number of nitrogens with one attached hydrogen (secondary N) is 2. The smallest absolute Gasteiger partial charge is 0.354 e. The summed E-state index contributed by atoms with van der Waals surface area (Å²) in [6.07, 6.45) is 4.53. The Morgan fingerprint density at radius 2 is 1.92 bits per heavy atom. The van der Waals surface area contributed by atoms with Gasteiger partial charge < -0.3 is 24.5 Å². The zero-order valence-corrected chi connectivity index (χ0v) is 22.5. The minimum absolute atomic E-state index is 0.0779. The van der Waals surface area contributed by atoms with Crippen molar-refractivity contribution in [1.82, 2.24) is 10.3 Å². The number of esters is 2. The molecule has 1 aromatic heterocycles. The summed E-state index contributed by atoms with van der Waals surface area (Å²) < 4.78 is 14.4. The van der Waals surface area contributed by atoms with E-state index in [1.54, 1.807) is 24.3 Å². The maximum atomic E-state index is 12.2. The molecule has 0 bridgehead atoms. The fraction of sp³-hybridized carbons (Fsp3) is 0.444. The molecular weight excluding hydrogens is 489 g/mol. The molecule has 0 spiro atoms. The topological polar surface area (TPSA) is 148 Å². The molecule has 4 rings (SSSR count). The van der Waals surface area contributed by atoms with E-state index in [4.69, 9.17) is 14.7 Å². The summed E-state index contributed by atoms with van der Waals surface area (Å²) in [5, 5.41) is 12.3. The first kappa shape index (κ1) is 30.2. The van der Waals surface area contributed by atoms with Crippen molar-refractivity contribution < 1.29 is 28.6 Å². The Hall–Kier alpha value is -4.07. The molecule has 11 heteroatoms. The summed E-state index contributed by atoms with van der Waals surface area (Å²) in [4.78, 5) is 50.0. The van der Waals surface area contributed by atoms with Gasteiger partial charge >= 0.3 is 11.9 Å². The quantitative estimate of drug-likeness (QED) is 0.333. The van der Waals surface area contributed by atoms with Gasteiger partial charge in [0.2, 0.25) is 5.91 Å². The van der Waals surface area contributed by atoms with E-state index in [0.717, 1.165) is 12.7 Å². The van der Waals surface area contributed by atoms with Gasteiger partial charge in [-0.05, 0) is 25.0 Å². The van der Waals surface area contributed by atoms with Crippen LogP contribution >= 0.6 is 0 Å². The predicted molar refractivity (Wildman–Crippen MR) is 144 cm³/mol. The van der Waals surface area contributed by atoms with Crippen molar-refractivity contribution in [1.29, 1.82) is 5.26 Å². The molecule has 1 aromatic carbocycles. The van der Waals surface area contributed by atoms with Gasteiger partial charge in [0.25, 0.3) is 6.71 Å². The molecule has 2 fully saturated rings. The Balaban J connectivity index is 0.000000252. The lowest BCUT2D eigenvalue weighted by atomic mass is 9.44. The summed E-state index contributed by atoms with van der Waals surface area (Å²) in [7, 11) is 4.10. The standard InChI is InChI=1S/C13H17BN2O3.C12H11NO4.C2H6/c1-3-9-7-13(9,12(18)19-2)16-11(17)10-5-4-6-14(10)8-15;1-16-7-3-4-8-9(5-7)13-10(6-11(8)14)12(15)17-2;1-2/h3,9-10H,1,4-7H2,2H3,(H,16,17);3-6H,1-2H3,(H,13,14);1-2H3. The van der Waals surface area contributed by atoms with Gasteiger partial charge in [-0.1, -0.05) is 32.7 Å². The Kier molecular flexibility index (Phi) is 10.7. The summed E-state index contributed by atoms with van der Waals surface area (Å²) in [5.41, 5.74) is -0.520. The molecule has 1 amide bonds. The Morgan fingerprint density at radius 3 is 2.47 bits per heavy atom. The third-order valence-corrected chi connectivity index (χ3v) is 6.66. The van der Waals surface area contributed by atoms with Crippen LogP contribution in [0.5, 0.6) is 5.75 Å². The van der Waals surface area contributed by atoms with Crippen LogP contribution in [0.3, 0.4) is 0 Å². The largest absolute Gasteiger partial charge is 0.497 e. The predicted octanol–water partition coefficient (Wildman–Crippen LogP) is 3.29. The molecule has 1 saturated carbocycles. The second kappa shape index (κ2) is 13.5. The highest BCUT2D eigenvalue weighted by atomic mass is 16.5. The summed E-state index contributed by atoms with van der Waals surface area (Å²) in [6, 6.07) is 6.22. The van der Waals surface area contributed by atoms with Gasteiger partial charge in [0.15, 0.2) is 5.43 Å². The fourth-order valence-corrected chi connectivity index (χ4v) is 4.50. The molecule has 10 nitrogen and oxygen atoms in total. The van der Waals surface area contributed by atoms with Crippen LogP contribution in [0.15, 0.2) is 41.7 Å². The van der Waals surface area contributed by atoms with E-state index >= 15 is 0 Å². The van der Waals surface area contributed by atoms with Crippen LogP contribution in [-0.4, -0.2) is 56.4 Å². The second-order valence-electron chi connectivity index (χ2n) is 8.72. The van der Waals surface area contributed by atoms with Gasteiger partial charge in [0.1, 0.15) is 17.0 Å². The highest BCUT2D eigenvalue weighted by Gasteiger charge is 2.61. The maximum absolute atomic E-state index is 12.2. The number of hydrogen-bond donors (Lipinski definition) is 2. The van der Waals surface area contributed by atoms with Crippen LogP contribution in [-0.2, 0) is 19.1 Å². The van der Waals surface area contributed by atoms with E-state index in [0.29, 0.717) is 29.5 Å². The van der Waals surface area contributed by atoms with Crippen molar-refractivity contribution in [2.75, 3.05) is 21.3 Å². The lowest BCUT2D eigenvalue weighted by molar-refractivity contribution is -0.146. The van der Waals surface area contributed by atoms with Crippen LogP contribution in [0.1, 0.15) is 43.6 Å². The monoisotopic (exact) mass is 523 g/mol. The van der Waals surface area contributed by atoms with Crippen molar-refractivity contribution in [3.05, 3.63) is 52.8 Å². The zero-order chi connectivity index (χ0) is 28.5. The van der Waals surface area contributed by atoms with E-state index in [9.17, 15) is 19.2 Å². The Bertz CT molecular complexity index is 1290. The summed E-state index contributed by atoms with van der Waals surface area (Å²) in [6.45, 7) is 7.42. The normalized spacial score (nSPS) is 20.9. The minimum Gasteiger partial charge on any atom is -0.497 e. The van der Waals surface area contributed by atoms with Crippen molar-refractivity contribution in [2.45, 2.75) is 50.8 Å². The highest BCUT2D eigenvalue weighted by molar-refractivity contribution is 6.72. The molecule has 1 saturated heterocycles. The van der Waals surface area contributed by atoms with Crippen molar-refractivity contribution in [2.24, 2.45) is 5.92 Å². The number of pyridine rings is 1. The van der Waals surface area contributed by atoms with Crippen LogP contribution in [0.4, 0.5) is 0 Å². The van der Waals surface area contributed by atoms with E-state index < -0.39 is 17.5 Å². The molecule has 3 atom stereocenters. The number of benzene rings is 1. The number of aromatic nitrogens is 1. The van der Waals surface area contributed by atoms with Gasteiger partial charge in [-0.25, -0.2) is 14.9 Å². The van der Waals surface area contributed by atoms with E-state index in [1.165, 1.54) is 27.4 Å².